The predicted molar refractivity (Wildman–Crippen MR) is 57.7 cm³/mol. The average molecular weight is 234 g/mol. The molecule has 0 aliphatic carbocycles. The van der Waals surface area contributed by atoms with Crippen molar-refractivity contribution in [3.05, 3.63) is 36.1 Å². The largest absolute Gasteiger partial charge is 0.286 e. The fourth-order valence-corrected chi connectivity index (χ4v) is 1.39. The molecule has 0 aliphatic heterocycles. The lowest BCUT2D eigenvalue weighted by Gasteiger charge is -1.90. The van der Waals surface area contributed by atoms with Crippen molar-refractivity contribution in [2.75, 3.05) is 5.75 Å². The summed E-state index contributed by atoms with van der Waals surface area (Å²) < 4.78 is 39.9. The quantitative estimate of drug-likeness (QED) is 0.817. The van der Waals surface area contributed by atoms with Gasteiger partial charge in [0.15, 0.2) is 0 Å². The second-order valence-electron chi connectivity index (χ2n) is 2.94. The van der Waals surface area contributed by atoms with Gasteiger partial charge in [-0.25, -0.2) is 4.39 Å². The molecule has 0 saturated heterocycles. The van der Waals surface area contributed by atoms with E-state index >= 15 is 0 Å². The van der Waals surface area contributed by atoms with Gasteiger partial charge in [0.05, 0.1) is 5.75 Å². The van der Waals surface area contributed by atoms with Gasteiger partial charge >= 0.3 is 0 Å². The fraction of sp³-hybridized carbons (Fsp3) is 0.400. The van der Waals surface area contributed by atoms with Gasteiger partial charge in [0.1, 0.15) is 5.82 Å². The second kappa shape index (κ2) is 7.36. The van der Waals surface area contributed by atoms with Gasteiger partial charge in [0.2, 0.25) is 0 Å². The van der Waals surface area contributed by atoms with Gasteiger partial charge in [-0.3, -0.25) is 4.55 Å². The molecular formula is C10H15FO3S. The van der Waals surface area contributed by atoms with Crippen LogP contribution in [0.5, 0.6) is 0 Å². The molecule has 0 fully saturated rings. The van der Waals surface area contributed by atoms with Gasteiger partial charge in [-0.05, 0) is 18.6 Å². The van der Waals surface area contributed by atoms with Crippen molar-refractivity contribution < 1.29 is 17.4 Å². The Labute approximate surface area is 89.7 Å². The first-order chi connectivity index (χ1) is 6.95. The Hall–Kier alpha value is -0.940. The number of hydrogen-bond acceptors (Lipinski definition) is 2. The molecule has 0 aliphatic rings. The van der Waals surface area contributed by atoms with Crippen LogP contribution in [0, 0.1) is 5.82 Å². The van der Waals surface area contributed by atoms with Crippen LogP contribution in [-0.2, 0) is 10.1 Å². The van der Waals surface area contributed by atoms with Crippen LogP contribution < -0.4 is 0 Å². The second-order valence-corrected chi connectivity index (χ2v) is 4.51. The Balaban J connectivity index is 0.000000262. The molecule has 0 spiro atoms. The molecule has 0 saturated carbocycles. The lowest BCUT2D eigenvalue weighted by Crippen LogP contribution is -2.02. The van der Waals surface area contributed by atoms with Crippen molar-refractivity contribution in [2.45, 2.75) is 19.8 Å². The van der Waals surface area contributed by atoms with Crippen molar-refractivity contribution in [1.29, 1.82) is 0 Å². The summed E-state index contributed by atoms with van der Waals surface area (Å²) >= 11 is 0. The molecule has 0 atom stereocenters. The molecule has 0 aromatic heterocycles. The first-order valence-electron chi connectivity index (χ1n) is 4.61. The summed E-state index contributed by atoms with van der Waals surface area (Å²) in [5.74, 6) is -0.286. The van der Waals surface area contributed by atoms with E-state index in [1.54, 1.807) is 18.2 Å². The summed E-state index contributed by atoms with van der Waals surface area (Å²) in [6.07, 6.45) is 1.33. The molecule has 1 aromatic rings. The molecule has 0 radical (unpaired) electrons. The predicted octanol–water partition coefficient (Wildman–Crippen LogP) is 2.50. The molecule has 5 heteroatoms. The van der Waals surface area contributed by atoms with E-state index in [2.05, 4.69) is 0 Å². The standard InChI is InChI=1S/C6H5F.C4H10O3S/c7-6-4-2-1-3-5-6;1-2-3-4-8(5,6)7/h1-5H;2-4H2,1H3,(H,5,6,7). The van der Waals surface area contributed by atoms with E-state index in [4.69, 9.17) is 4.55 Å². The van der Waals surface area contributed by atoms with Gasteiger partial charge < -0.3 is 0 Å². The lowest BCUT2D eigenvalue weighted by atomic mass is 10.4. The van der Waals surface area contributed by atoms with Crippen molar-refractivity contribution in [3.8, 4) is 0 Å². The molecule has 0 amide bonds. The molecule has 1 rings (SSSR count). The molecule has 0 bridgehead atoms. The van der Waals surface area contributed by atoms with E-state index in [9.17, 15) is 12.8 Å². The van der Waals surface area contributed by atoms with Crippen LogP contribution in [0.1, 0.15) is 19.8 Å². The maximum atomic E-state index is 11.9. The Morgan fingerprint density at radius 1 is 1.27 bits per heavy atom. The summed E-state index contributed by atoms with van der Waals surface area (Å²) in [7, 11) is -3.69. The Bertz CT molecular complexity index is 348. The van der Waals surface area contributed by atoms with Crippen LogP contribution in [0.2, 0.25) is 0 Å². The van der Waals surface area contributed by atoms with E-state index in [0.717, 1.165) is 6.42 Å². The smallest absolute Gasteiger partial charge is 0.264 e. The van der Waals surface area contributed by atoms with Gasteiger partial charge in [-0.2, -0.15) is 8.42 Å². The number of rotatable bonds is 3. The molecular weight excluding hydrogens is 219 g/mol. The van der Waals surface area contributed by atoms with Gasteiger partial charge in [0.25, 0.3) is 10.1 Å². The highest BCUT2D eigenvalue weighted by molar-refractivity contribution is 7.85. The Morgan fingerprint density at radius 3 is 2.00 bits per heavy atom. The van der Waals surface area contributed by atoms with Crippen molar-refractivity contribution in [3.63, 3.8) is 0 Å². The normalized spacial score (nSPS) is 10.3. The third-order valence-corrected chi connectivity index (χ3v) is 2.29. The van der Waals surface area contributed by atoms with E-state index < -0.39 is 10.1 Å². The SMILES string of the molecule is CCCCS(=O)(=O)O.Fc1ccccc1. The number of benzene rings is 1. The van der Waals surface area contributed by atoms with Crippen LogP contribution in [-0.4, -0.2) is 18.7 Å². The summed E-state index contributed by atoms with van der Waals surface area (Å²) in [5.41, 5.74) is 0. The van der Waals surface area contributed by atoms with Crippen molar-refractivity contribution in [1.82, 2.24) is 0 Å². The monoisotopic (exact) mass is 234 g/mol. The maximum absolute atomic E-state index is 11.9. The van der Waals surface area contributed by atoms with Gasteiger partial charge in [-0.15, -0.1) is 0 Å². The molecule has 15 heavy (non-hydrogen) atoms. The van der Waals surface area contributed by atoms with Crippen LogP contribution in [0.15, 0.2) is 30.3 Å². The van der Waals surface area contributed by atoms with Gasteiger partial charge in [-0.1, -0.05) is 31.5 Å². The highest BCUT2D eigenvalue weighted by atomic mass is 32.2. The number of halogens is 1. The minimum atomic E-state index is -3.69. The van der Waals surface area contributed by atoms with Crippen molar-refractivity contribution >= 4 is 10.1 Å². The third kappa shape index (κ3) is 11.0. The molecule has 0 heterocycles. The zero-order chi connectivity index (χ0) is 11.7. The minimum Gasteiger partial charge on any atom is -0.286 e. The Morgan fingerprint density at radius 2 is 1.80 bits per heavy atom. The van der Waals surface area contributed by atoms with Crippen LogP contribution in [0.3, 0.4) is 0 Å². The summed E-state index contributed by atoms with van der Waals surface area (Å²) in [5, 5.41) is 0. The van der Waals surface area contributed by atoms with E-state index in [-0.39, 0.29) is 11.6 Å². The first-order valence-corrected chi connectivity index (χ1v) is 6.22. The third-order valence-electron chi connectivity index (χ3n) is 1.49. The summed E-state index contributed by atoms with van der Waals surface area (Å²) in [6.45, 7) is 1.87. The molecule has 1 aromatic carbocycles. The van der Waals surface area contributed by atoms with Crippen molar-refractivity contribution in [2.24, 2.45) is 0 Å². The van der Waals surface area contributed by atoms with Crippen LogP contribution in [0.4, 0.5) is 4.39 Å². The van der Waals surface area contributed by atoms with E-state index in [1.165, 1.54) is 12.1 Å². The Kier molecular flexibility index (Phi) is 6.90. The molecule has 1 N–H and O–H groups in total. The minimum absolute atomic E-state index is 0.108. The highest BCUT2D eigenvalue weighted by Gasteiger charge is 2.00. The summed E-state index contributed by atoms with van der Waals surface area (Å²) in [6, 6.07) is 7.94. The zero-order valence-corrected chi connectivity index (χ0v) is 9.37. The summed E-state index contributed by atoms with van der Waals surface area (Å²) in [4.78, 5) is 0. The lowest BCUT2D eigenvalue weighted by molar-refractivity contribution is 0.480. The number of unbranched alkanes of at least 4 members (excludes halogenated alkanes) is 1. The molecule has 0 unspecified atom stereocenters. The average Bonchev–Trinajstić information content (AvgIpc) is 2.16. The van der Waals surface area contributed by atoms with Gasteiger partial charge in [0, 0.05) is 0 Å². The van der Waals surface area contributed by atoms with Crippen LogP contribution in [0.25, 0.3) is 0 Å². The first kappa shape index (κ1) is 14.1. The molecule has 3 nitrogen and oxygen atoms in total. The zero-order valence-electron chi connectivity index (χ0n) is 8.56. The topological polar surface area (TPSA) is 54.4 Å². The van der Waals surface area contributed by atoms with E-state index in [0.29, 0.717) is 6.42 Å². The van der Waals surface area contributed by atoms with E-state index in [1.807, 2.05) is 6.92 Å². The van der Waals surface area contributed by atoms with Crippen LogP contribution >= 0.6 is 0 Å². The highest BCUT2D eigenvalue weighted by Crippen LogP contribution is 1.92. The number of hydrogen-bond donors (Lipinski definition) is 1. The molecule has 86 valence electrons. The fourth-order valence-electron chi connectivity index (χ4n) is 0.741. The maximum Gasteiger partial charge on any atom is 0.264 e.